The highest BCUT2D eigenvalue weighted by Gasteiger charge is 2.08. The molecule has 5 heteroatoms. The van der Waals surface area contributed by atoms with E-state index < -0.39 is 0 Å². The van der Waals surface area contributed by atoms with Crippen LogP contribution in [0.3, 0.4) is 0 Å². The largest absolute Gasteiger partial charge is 0.354 e. The minimum Gasteiger partial charge on any atom is -0.354 e. The molecule has 0 fully saturated rings. The third-order valence-electron chi connectivity index (χ3n) is 3.39. The predicted molar refractivity (Wildman–Crippen MR) is 101 cm³/mol. The molecule has 0 spiro atoms. The molecule has 1 heterocycles. The summed E-state index contributed by atoms with van der Waals surface area (Å²) in [6.45, 7) is 2.04. The number of nitrogens with zero attached hydrogens (tertiary/aromatic N) is 1. The van der Waals surface area contributed by atoms with E-state index in [0.717, 1.165) is 21.5 Å². The highest BCUT2D eigenvalue weighted by Crippen LogP contribution is 2.18. The molecule has 0 saturated heterocycles. The van der Waals surface area contributed by atoms with Crippen LogP contribution in [0.5, 0.6) is 0 Å². The fourth-order valence-corrected chi connectivity index (χ4v) is 2.65. The zero-order chi connectivity index (χ0) is 16.9. The molecule has 0 atom stereocenters. The quantitative estimate of drug-likeness (QED) is 0.656. The second-order valence-corrected chi connectivity index (χ2v) is 6.31. The summed E-state index contributed by atoms with van der Waals surface area (Å²) in [6, 6.07) is 19.0. The Kier molecular flexibility index (Phi) is 4.91. The van der Waals surface area contributed by atoms with Gasteiger partial charge in [-0.05, 0) is 55.0 Å². The normalized spacial score (nSPS) is 10.2. The Bertz CT molecular complexity index is 862. The molecule has 0 saturated carbocycles. The van der Waals surface area contributed by atoms with Crippen molar-refractivity contribution in [1.82, 2.24) is 4.98 Å². The molecule has 24 heavy (non-hydrogen) atoms. The summed E-state index contributed by atoms with van der Waals surface area (Å²) in [5.74, 6) is -0.241. The average Bonchev–Trinajstić information content (AvgIpc) is 2.55. The highest BCUT2D eigenvalue weighted by molar-refractivity contribution is 9.10. The number of nitrogens with one attached hydrogen (secondary N) is 2. The Morgan fingerprint density at radius 2 is 1.75 bits per heavy atom. The lowest BCUT2D eigenvalue weighted by Crippen LogP contribution is -2.13. The number of amides is 1. The van der Waals surface area contributed by atoms with Crippen LogP contribution in [0.1, 0.15) is 16.1 Å². The summed E-state index contributed by atoms with van der Waals surface area (Å²) < 4.78 is 0.908. The zero-order valence-electron chi connectivity index (χ0n) is 13.1. The molecule has 0 aliphatic heterocycles. The highest BCUT2D eigenvalue weighted by atomic mass is 79.9. The lowest BCUT2D eigenvalue weighted by Gasteiger charge is -2.08. The second-order valence-electron chi connectivity index (χ2n) is 5.39. The van der Waals surface area contributed by atoms with Crippen LogP contribution < -0.4 is 10.6 Å². The van der Waals surface area contributed by atoms with E-state index in [1.807, 2.05) is 61.5 Å². The molecule has 1 amide bonds. The van der Waals surface area contributed by atoms with Crippen LogP contribution in [0.4, 0.5) is 17.1 Å². The van der Waals surface area contributed by atoms with Crippen molar-refractivity contribution in [3.05, 3.63) is 82.6 Å². The molecule has 4 nitrogen and oxygen atoms in total. The molecular formula is C19H16BrN3O. The van der Waals surface area contributed by atoms with Crippen LogP contribution in [0.2, 0.25) is 0 Å². The van der Waals surface area contributed by atoms with E-state index in [0.29, 0.717) is 5.69 Å². The number of aromatic nitrogens is 1. The summed E-state index contributed by atoms with van der Waals surface area (Å²) in [6.07, 6.45) is 1.65. The van der Waals surface area contributed by atoms with Gasteiger partial charge in [0.05, 0.1) is 11.9 Å². The molecular weight excluding hydrogens is 366 g/mol. The monoisotopic (exact) mass is 381 g/mol. The fourth-order valence-electron chi connectivity index (χ4n) is 2.25. The Labute approximate surface area is 149 Å². The van der Waals surface area contributed by atoms with Crippen molar-refractivity contribution >= 4 is 38.9 Å². The number of carbonyl (C=O) groups is 1. The van der Waals surface area contributed by atoms with E-state index in [1.54, 1.807) is 12.3 Å². The maximum Gasteiger partial charge on any atom is 0.274 e. The number of carbonyl (C=O) groups excluding carboxylic acids is 1. The van der Waals surface area contributed by atoms with Crippen LogP contribution in [0.15, 0.2) is 71.3 Å². The first-order valence-corrected chi connectivity index (χ1v) is 8.26. The van der Waals surface area contributed by atoms with E-state index in [2.05, 4.69) is 31.5 Å². The molecule has 3 rings (SSSR count). The fraction of sp³-hybridized carbons (Fsp3) is 0.0526. The van der Waals surface area contributed by atoms with Crippen molar-refractivity contribution < 1.29 is 4.79 Å². The molecule has 0 bridgehead atoms. The van der Waals surface area contributed by atoms with Gasteiger partial charge in [-0.1, -0.05) is 34.1 Å². The SMILES string of the molecule is Cc1cccc(Nc2ccc(C(=O)Nc3cccc(Br)c3)nc2)c1. The molecule has 1 aromatic heterocycles. The van der Waals surface area contributed by atoms with Crippen molar-refractivity contribution in [2.24, 2.45) is 0 Å². The van der Waals surface area contributed by atoms with Crippen molar-refractivity contribution in [2.75, 3.05) is 10.6 Å². The average molecular weight is 382 g/mol. The first-order valence-electron chi connectivity index (χ1n) is 7.47. The van der Waals surface area contributed by atoms with Gasteiger partial charge >= 0.3 is 0 Å². The maximum atomic E-state index is 12.2. The second kappa shape index (κ2) is 7.27. The standard InChI is InChI=1S/C19H16BrN3O/c1-13-4-2-6-15(10-13)22-17-8-9-18(21-12-17)19(24)23-16-7-3-5-14(20)11-16/h2-12,22H,1H3,(H,23,24). The predicted octanol–water partition coefficient (Wildman–Crippen LogP) is 5.15. The van der Waals surface area contributed by atoms with Crippen molar-refractivity contribution in [2.45, 2.75) is 6.92 Å². The number of hydrogen-bond acceptors (Lipinski definition) is 3. The summed E-state index contributed by atoms with van der Waals surface area (Å²) in [5.41, 5.74) is 4.09. The van der Waals surface area contributed by atoms with Gasteiger partial charge in [-0.15, -0.1) is 0 Å². The lowest BCUT2D eigenvalue weighted by molar-refractivity contribution is 0.102. The van der Waals surface area contributed by atoms with Crippen LogP contribution in [0, 0.1) is 6.92 Å². The van der Waals surface area contributed by atoms with Crippen molar-refractivity contribution in [3.8, 4) is 0 Å². The van der Waals surface area contributed by atoms with Crippen LogP contribution in [0.25, 0.3) is 0 Å². The van der Waals surface area contributed by atoms with E-state index in [1.165, 1.54) is 5.56 Å². The Balaban J connectivity index is 1.68. The topological polar surface area (TPSA) is 54.0 Å². The number of pyridine rings is 1. The van der Waals surface area contributed by atoms with E-state index in [4.69, 9.17) is 0 Å². The number of hydrogen-bond donors (Lipinski definition) is 2. The van der Waals surface area contributed by atoms with Crippen LogP contribution in [-0.2, 0) is 0 Å². The van der Waals surface area contributed by atoms with Gasteiger partial charge in [0.15, 0.2) is 0 Å². The van der Waals surface area contributed by atoms with E-state index in [9.17, 15) is 4.79 Å². The van der Waals surface area contributed by atoms with Gasteiger partial charge in [0.25, 0.3) is 5.91 Å². The minimum atomic E-state index is -0.241. The third kappa shape index (κ3) is 4.20. The molecule has 120 valence electrons. The zero-order valence-corrected chi connectivity index (χ0v) is 14.7. The van der Waals surface area contributed by atoms with E-state index in [-0.39, 0.29) is 5.91 Å². The van der Waals surface area contributed by atoms with Gasteiger partial charge in [0.2, 0.25) is 0 Å². The summed E-state index contributed by atoms with van der Waals surface area (Å²) in [4.78, 5) is 16.5. The number of benzene rings is 2. The molecule has 3 aromatic rings. The Morgan fingerprint density at radius 3 is 2.46 bits per heavy atom. The van der Waals surface area contributed by atoms with Gasteiger partial charge in [0, 0.05) is 15.8 Å². The van der Waals surface area contributed by atoms with Gasteiger partial charge in [0.1, 0.15) is 5.69 Å². The Morgan fingerprint density at radius 1 is 0.958 bits per heavy atom. The van der Waals surface area contributed by atoms with Gasteiger partial charge in [-0.3, -0.25) is 4.79 Å². The molecule has 2 aromatic carbocycles. The molecule has 0 aliphatic rings. The number of aryl methyl sites for hydroxylation is 1. The van der Waals surface area contributed by atoms with Gasteiger partial charge < -0.3 is 10.6 Å². The summed E-state index contributed by atoms with van der Waals surface area (Å²) in [7, 11) is 0. The van der Waals surface area contributed by atoms with Crippen LogP contribution in [-0.4, -0.2) is 10.9 Å². The third-order valence-corrected chi connectivity index (χ3v) is 3.88. The van der Waals surface area contributed by atoms with Crippen LogP contribution >= 0.6 is 15.9 Å². The number of halogens is 1. The minimum absolute atomic E-state index is 0.241. The molecule has 0 aliphatic carbocycles. The summed E-state index contributed by atoms with van der Waals surface area (Å²) in [5, 5.41) is 6.09. The summed E-state index contributed by atoms with van der Waals surface area (Å²) >= 11 is 3.38. The van der Waals surface area contributed by atoms with E-state index >= 15 is 0 Å². The first-order chi connectivity index (χ1) is 11.6. The van der Waals surface area contributed by atoms with Gasteiger partial charge in [-0.25, -0.2) is 4.98 Å². The van der Waals surface area contributed by atoms with Gasteiger partial charge in [-0.2, -0.15) is 0 Å². The Hall–Kier alpha value is -2.66. The number of rotatable bonds is 4. The molecule has 0 unspecified atom stereocenters. The lowest BCUT2D eigenvalue weighted by atomic mass is 10.2. The smallest absolute Gasteiger partial charge is 0.274 e. The van der Waals surface area contributed by atoms with Crippen molar-refractivity contribution in [1.29, 1.82) is 0 Å². The molecule has 0 radical (unpaired) electrons. The molecule has 2 N–H and O–H groups in total. The maximum absolute atomic E-state index is 12.2. The van der Waals surface area contributed by atoms with Crippen molar-refractivity contribution in [3.63, 3.8) is 0 Å². The number of anilines is 3. The first kappa shape index (κ1) is 16.2.